The number of nitrogens with one attached hydrogen (secondary N) is 4. The first kappa shape index (κ1) is 33.4. The van der Waals surface area contributed by atoms with Crippen LogP contribution in [0.4, 0.5) is 16.2 Å². The molecule has 4 N–H and O–H groups in total. The minimum Gasteiger partial charge on any atom is -0.464 e. The zero-order valence-electron chi connectivity index (χ0n) is 26.1. The second-order valence-electron chi connectivity index (χ2n) is 11.4. The Kier molecular flexibility index (Phi) is 11.0. The Bertz CT molecular complexity index is 1630. The van der Waals surface area contributed by atoms with E-state index in [0.717, 1.165) is 5.56 Å². The Morgan fingerprint density at radius 3 is 2.72 bits per heavy atom. The summed E-state index contributed by atoms with van der Waals surface area (Å²) in [6.45, 7) is 1.98. The number of hydrogen-bond acceptors (Lipinski definition) is 10. The molecule has 14 nitrogen and oxygen atoms in total. The van der Waals surface area contributed by atoms with Gasteiger partial charge < -0.3 is 25.4 Å². The molecule has 2 aliphatic heterocycles. The number of hydrogen-bond donors (Lipinski definition) is 4. The van der Waals surface area contributed by atoms with Crippen molar-refractivity contribution in [2.24, 2.45) is 0 Å². The number of carbonyl (C=O) groups is 4. The summed E-state index contributed by atoms with van der Waals surface area (Å²) in [5, 5.41) is 24.0. The highest BCUT2D eigenvalue weighted by Gasteiger charge is 2.35. The number of benzene rings is 2. The zero-order chi connectivity index (χ0) is 33.3. The number of halogens is 1. The summed E-state index contributed by atoms with van der Waals surface area (Å²) in [5.74, 6) is -1.11. The molecular weight excluding hydrogens is 628 g/mol. The first-order valence-corrected chi connectivity index (χ1v) is 15.8. The van der Waals surface area contributed by atoms with E-state index in [1.165, 1.54) is 24.2 Å². The number of nitrogens with zero attached hydrogens (tertiary/aromatic N) is 4. The van der Waals surface area contributed by atoms with Crippen LogP contribution in [-0.2, 0) is 23.9 Å². The lowest BCUT2D eigenvalue weighted by Gasteiger charge is -2.37. The Balaban J connectivity index is 1.41. The fourth-order valence-corrected chi connectivity index (χ4v) is 6.21. The van der Waals surface area contributed by atoms with Crippen LogP contribution in [0.15, 0.2) is 48.8 Å². The molecule has 0 saturated carbocycles. The number of piperidine rings is 1. The molecule has 0 spiro atoms. The molecule has 1 aromatic heterocycles. The van der Waals surface area contributed by atoms with Gasteiger partial charge in [0.25, 0.3) is 0 Å². The topological polar surface area (TPSA) is 178 Å². The van der Waals surface area contributed by atoms with E-state index < -0.39 is 18.1 Å². The van der Waals surface area contributed by atoms with Crippen LogP contribution < -0.4 is 21.3 Å². The third kappa shape index (κ3) is 8.64. The highest BCUT2D eigenvalue weighted by atomic mass is 35.5. The van der Waals surface area contributed by atoms with Gasteiger partial charge in [-0.25, -0.2) is 9.59 Å². The van der Waals surface area contributed by atoms with Crippen molar-refractivity contribution in [2.75, 3.05) is 24.4 Å². The maximum atomic E-state index is 13.3. The van der Waals surface area contributed by atoms with Gasteiger partial charge in [-0.05, 0) is 84.5 Å². The van der Waals surface area contributed by atoms with Crippen LogP contribution in [0.5, 0.6) is 0 Å². The summed E-state index contributed by atoms with van der Waals surface area (Å²) in [6.07, 6.45) is 7.02. The quantitative estimate of drug-likeness (QED) is 0.213. The van der Waals surface area contributed by atoms with Crippen LogP contribution in [-0.4, -0.2) is 75.9 Å². The molecule has 15 heteroatoms. The normalized spacial score (nSPS) is 21.2. The molecule has 5 rings (SSSR count). The van der Waals surface area contributed by atoms with Gasteiger partial charge in [-0.15, -0.1) is 5.10 Å². The van der Waals surface area contributed by atoms with Crippen molar-refractivity contribution in [1.29, 1.82) is 0 Å². The minimum atomic E-state index is -0.655. The maximum absolute atomic E-state index is 13.3. The first-order chi connectivity index (χ1) is 22.7. The smallest absolute Gasteiger partial charge is 0.411 e. The Labute approximate surface area is 276 Å². The monoisotopic (exact) mass is 664 g/mol. The van der Waals surface area contributed by atoms with Gasteiger partial charge in [-0.2, -0.15) is 4.68 Å². The summed E-state index contributed by atoms with van der Waals surface area (Å²) in [7, 11) is 1.27. The van der Waals surface area contributed by atoms with Gasteiger partial charge in [0.15, 0.2) is 0 Å². The van der Waals surface area contributed by atoms with Crippen LogP contribution >= 0.6 is 11.6 Å². The molecular formula is C32H37ClN8O6. The molecule has 3 amide bonds. The fourth-order valence-electron chi connectivity index (χ4n) is 6.03. The number of methoxy groups -OCH3 is 1. The van der Waals surface area contributed by atoms with E-state index >= 15 is 0 Å². The van der Waals surface area contributed by atoms with E-state index in [2.05, 4.69) is 36.8 Å². The molecule has 3 aromatic rings. The second kappa shape index (κ2) is 15.5. The lowest BCUT2D eigenvalue weighted by molar-refractivity contribution is -0.144. The van der Waals surface area contributed by atoms with Gasteiger partial charge in [0.2, 0.25) is 11.8 Å². The summed E-state index contributed by atoms with van der Waals surface area (Å²) >= 11 is 6.24. The van der Waals surface area contributed by atoms with Crippen molar-refractivity contribution in [3.05, 3.63) is 65.0 Å². The van der Waals surface area contributed by atoms with E-state index in [4.69, 9.17) is 21.1 Å². The summed E-state index contributed by atoms with van der Waals surface area (Å²) < 4.78 is 11.6. The maximum Gasteiger partial charge on any atom is 0.411 e. The molecule has 1 fully saturated rings. The van der Waals surface area contributed by atoms with Crippen LogP contribution in [0.25, 0.3) is 11.8 Å². The molecule has 0 aliphatic carbocycles. The largest absolute Gasteiger partial charge is 0.464 e. The predicted octanol–water partition coefficient (Wildman–Crippen LogP) is 3.97. The van der Waals surface area contributed by atoms with E-state index in [0.29, 0.717) is 59.8 Å². The third-order valence-corrected chi connectivity index (χ3v) is 8.45. The Morgan fingerprint density at radius 1 is 1.13 bits per heavy atom. The number of carbonyl (C=O) groups excluding carboxylic acids is 4. The summed E-state index contributed by atoms with van der Waals surface area (Å²) in [5.41, 5.74) is 3.18. The van der Waals surface area contributed by atoms with Crippen molar-refractivity contribution in [1.82, 2.24) is 30.8 Å². The lowest BCUT2D eigenvalue weighted by atomic mass is 9.81. The number of amides is 3. The molecule has 4 atom stereocenters. The molecule has 47 heavy (non-hydrogen) atoms. The molecule has 2 bridgehead atoms. The van der Waals surface area contributed by atoms with Crippen LogP contribution in [0.1, 0.15) is 62.5 Å². The number of rotatable bonds is 7. The molecule has 2 aromatic carbocycles. The van der Waals surface area contributed by atoms with Crippen LogP contribution in [0.3, 0.4) is 0 Å². The summed E-state index contributed by atoms with van der Waals surface area (Å²) in [4.78, 5) is 51.4. The number of ether oxygens (including phenoxy) is 2. The Hall–Kier alpha value is -4.98. The Morgan fingerprint density at radius 2 is 1.96 bits per heavy atom. The highest BCUT2D eigenvalue weighted by Crippen LogP contribution is 2.37. The SMILES string of the molecule is CCOC(=O)C1CCCCC(NC(=O)/C=C/c2cc(Cl)ccc2-n2cnnn2)C2CC(CC(=O)N2)c2ccc(NC(=O)OC)cc2N1. The van der Waals surface area contributed by atoms with E-state index in [1.54, 1.807) is 43.3 Å². The molecule has 2 aliphatic rings. The van der Waals surface area contributed by atoms with Gasteiger partial charge >= 0.3 is 12.1 Å². The number of anilines is 2. The van der Waals surface area contributed by atoms with Gasteiger partial charge in [-0.3, -0.25) is 14.9 Å². The zero-order valence-corrected chi connectivity index (χ0v) is 26.8. The van der Waals surface area contributed by atoms with Gasteiger partial charge in [0.1, 0.15) is 12.4 Å². The van der Waals surface area contributed by atoms with Crippen molar-refractivity contribution in [2.45, 2.75) is 69.5 Å². The fraction of sp³-hybridized carbons (Fsp3) is 0.406. The highest BCUT2D eigenvalue weighted by molar-refractivity contribution is 6.30. The lowest BCUT2D eigenvalue weighted by Crippen LogP contribution is -2.54. The van der Waals surface area contributed by atoms with Gasteiger partial charge in [-0.1, -0.05) is 30.5 Å². The first-order valence-electron chi connectivity index (χ1n) is 15.5. The molecule has 1 saturated heterocycles. The average molecular weight is 665 g/mol. The number of fused-ring (bicyclic) bond motifs is 4. The summed E-state index contributed by atoms with van der Waals surface area (Å²) in [6, 6.07) is 9.09. The molecule has 248 valence electrons. The number of tetrazole rings is 1. The van der Waals surface area contributed by atoms with Crippen LogP contribution in [0, 0.1) is 0 Å². The average Bonchev–Trinajstić information content (AvgIpc) is 3.59. The van der Waals surface area contributed by atoms with Gasteiger partial charge in [0.05, 0.1) is 19.4 Å². The van der Waals surface area contributed by atoms with Crippen molar-refractivity contribution in [3.8, 4) is 5.69 Å². The second-order valence-corrected chi connectivity index (χ2v) is 11.8. The van der Waals surface area contributed by atoms with Crippen molar-refractivity contribution >= 4 is 52.9 Å². The van der Waals surface area contributed by atoms with Crippen molar-refractivity contribution < 1.29 is 28.7 Å². The third-order valence-electron chi connectivity index (χ3n) is 8.21. The van der Waals surface area contributed by atoms with E-state index in [1.807, 2.05) is 6.07 Å². The molecule has 3 heterocycles. The van der Waals surface area contributed by atoms with E-state index in [-0.39, 0.29) is 42.8 Å². The van der Waals surface area contributed by atoms with Crippen LogP contribution in [0.2, 0.25) is 5.02 Å². The van der Waals surface area contributed by atoms with Gasteiger partial charge in [0, 0.05) is 46.5 Å². The predicted molar refractivity (Wildman–Crippen MR) is 174 cm³/mol. The minimum absolute atomic E-state index is 0.146. The standard InChI is InChI=1S/C32H37ClN8O6/c1-3-47-31(44)25-7-5-4-6-24(37-29(42)13-8-19-14-21(33)9-12-28(19)41-18-34-39-40-41)27-15-20(16-30(43)38-27)23-11-10-22(17-26(23)36-25)35-32(45)46-2/h8-14,17-18,20,24-25,27,36H,3-7,15-16H2,1-2H3,(H,35,45)(H,37,42)(H,38,43)/b13-8+. The van der Waals surface area contributed by atoms with E-state index in [9.17, 15) is 19.2 Å². The molecule has 0 radical (unpaired) electrons. The van der Waals surface area contributed by atoms with Crippen molar-refractivity contribution in [3.63, 3.8) is 0 Å². The number of aromatic nitrogens is 4. The number of esters is 1. The molecule has 4 unspecified atom stereocenters.